The van der Waals surface area contributed by atoms with Crippen LogP contribution in [0.3, 0.4) is 0 Å². The van der Waals surface area contributed by atoms with Crippen molar-refractivity contribution in [1.82, 2.24) is 14.7 Å². The molecule has 2 aliphatic heterocycles. The number of aromatic nitrogens is 2. The number of hydrogen-bond acceptors (Lipinski definition) is 6. The van der Waals surface area contributed by atoms with Crippen molar-refractivity contribution < 1.29 is 18.0 Å². The fourth-order valence-electron chi connectivity index (χ4n) is 6.07. The molecule has 0 bridgehead atoms. The first kappa shape index (κ1) is 28.2. The molecule has 45 heavy (non-hydrogen) atoms. The maximum absolute atomic E-state index is 14.4. The van der Waals surface area contributed by atoms with Gasteiger partial charge in [-0.2, -0.15) is 10.4 Å². The Bertz CT molecular complexity index is 2210. The highest BCUT2D eigenvalue weighted by atomic mass is 32.2. The number of imide groups is 1. The number of para-hydroxylation sites is 1. The Morgan fingerprint density at radius 2 is 1.51 bits per heavy atom. The molecular weight excluding hydrogens is 584 g/mol. The van der Waals surface area contributed by atoms with Gasteiger partial charge in [-0.05, 0) is 47.0 Å². The van der Waals surface area contributed by atoms with E-state index in [0.29, 0.717) is 16.8 Å². The normalized spacial score (nSPS) is 19.0. The highest BCUT2D eigenvalue weighted by Crippen LogP contribution is 2.38. The molecule has 5 aromatic rings. The van der Waals surface area contributed by atoms with Crippen LogP contribution in [-0.2, 0) is 19.4 Å². The van der Waals surface area contributed by atoms with E-state index in [4.69, 9.17) is 5.10 Å². The van der Waals surface area contributed by atoms with Crippen LogP contribution in [0.5, 0.6) is 0 Å². The minimum Gasteiger partial charge on any atom is -0.270 e. The highest BCUT2D eigenvalue weighted by molar-refractivity contribution is 7.91. The molecule has 2 aliphatic rings. The predicted molar refractivity (Wildman–Crippen MR) is 172 cm³/mol. The Balaban J connectivity index is 1.47. The van der Waals surface area contributed by atoms with E-state index in [1.165, 1.54) is 0 Å². The first-order valence-corrected chi connectivity index (χ1v) is 16.3. The van der Waals surface area contributed by atoms with Crippen molar-refractivity contribution in [2.24, 2.45) is 0 Å². The summed E-state index contributed by atoms with van der Waals surface area (Å²) in [5.41, 5.74) is 3.47. The molecule has 3 heterocycles. The van der Waals surface area contributed by atoms with Gasteiger partial charge in [-0.3, -0.25) is 14.5 Å². The zero-order chi connectivity index (χ0) is 31.1. The number of rotatable bonds is 5. The van der Waals surface area contributed by atoms with Crippen molar-refractivity contribution in [2.45, 2.75) is 12.5 Å². The zero-order valence-corrected chi connectivity index (χ0v) is 24.8. The van der Waals surface area contributed by atoms with Crippen LogP contribution in [0.15, 0.2) is 120 Å². The molecule has 0 saturated carbocycles. The monoisotopic (exact) mass is 610 g/mol. The minimum atomic E-state index is -3.42. The van der Waals surface area contributed by atoms with Crippen molar-refractivity contribution in [3.63, 3.8) is 0 Å². The lowest BCUT2D eigenvalue weighted by atomic mass is 9.86. The smallest absolute Gasteiger partial charge is 0.270 e. The van der Waals surface area contributed by atoms with E-state index >= 15 is 0 Å². The van der Waals surface area contributed by atoms with Gasteiger partial charge in [-0.15, -0.1) is 0 Å². The van der Waals surface area contributed by atoms with Gasteiger partial charge in [0.1, 0.15) is 11.6 Å². The molecule has 9 heteroatoms. The van der Waals surface area contributed by atoms with Gasteiger partial charge >= 0.3 is 0 Å². The van der Waals surface area contributed by atoms with Crippen molar-refractivity contribution in [2.75, 3.05) is 11.5 Å². The molecule has 4 aromatic carbocycles. The molecule has 1 saturated heterocycles. The topological polar surface area (TPSA) is 113 Å². The van der Waals surface area contributed by atoms with E-state index in [9.17, 15) is 23.3 Å². The number of carbonyl (C=O) groups is 2. The van der Waals surface area contributed by atoms with Gasteiger partial charge in [-0.25, -0.2) is 13.1 Å². The van der Waals surface area contributed by atoms with Crippen LogP contribution in [0.1, 0.15) is 17.5 Å². The van der Waals surface area contributed by atoms with E-state index in [1.807, 2.05) is 91.1 Å². The van der Waals surface area contributed by atoms with E-state index in [1.54, 1.807) is 35.0 Å². The van der Waals surface area contributed by atoms with Crippen molar-refractivity contribution in [3.05, 3.63) is 132 Å². The van der Waals surface area contributed by atoms with Gasteiger partial charge in [0.05, 0.1) is 34.5 Å². The lowest BCUT2D eigenvalue weighted by Crippen LogP contribution is -2.49. The molecular formula is C36H26N4O4S. The van der Waals surface area contributed by atoms with Crippen LogP contribution in [0.4, 0.5) is 0 Å². The van der Waals surface area contributed by atoms with Gasteiger partial charge in [0.25, 0.3) is 11.8 Å². The number of hydrogen-bond donors (Lipinski definition) is 0. The molecule has 0 radical (unpaired) electrons. The van der Waals surface area contributed by atoms with Crippen LogP contribution < -0.4 is 0 Å². The SMILES string of the molecule is N#CC1=C(c2ccccc2)/C(=C/c2cn(-c3ccccc3)nc2-c2ccc3ccccc3c2)C(=O)N(C2CCS(=O)(=O)C2)C1=O. The molecule has 0 spiro atoms. The van der Waals surface area contributed by atoms with Crippen LogP contribution in [0.25, 0.3) is 39.4 Å². The average molecular weight is 611 g/mol. The number of amides is 2. The van der Waals surface area contributed by atoms with Crippen molar-refractivity contribution in [3.8, 4) is 23.0 Å². The maximum atomic E-state index is 14.4. The van der Waals surface area contributed by atoms with Crippen molar-refractivity contribution >= 4 is 44.1 Å². The number of benzene rings is 4. The van der Waals surface area contributed by atoms with E-state index < -0.39 is 27.7 Å². The van der Waals surface area contributed by atoms with Gasteiger partial charge in [0.15, 0.2) is 9.84 Å². The molecule has 220 valence electrons. The summed E-state index contributed by atoms with van der Waals surface area (Å²) in [4.78, 5) is 29.1. The Hall–Kier alpha value is -5.59. The Kier molecular flexibility index (Phi) is 6.99. The number of fused-ring (bicyclic) bond motifs is 1. The number of nitrogens with zero attached hydrogens (tertiary/aromatic N) is 4. The average Bonchev–Trinajstić information content (AvgIpc) is 3.65. The lowest BCUT2D eigenvalue weighted by Gasteiger charge is -2.32. The van der Waals surface area contributed by atoms with E-state index in [0.717, 1.165) is 26.9 Å². The number of sulfone groups is 1. The Morgan fingerprint density at radius 1 is 0.822 bits per heavy atom. The zero-order valence-electron chi connectivity index (χ0n) is 24.0. The largest absolute Gasteiger partial charge is 0.272 e. The van der Waals surface area contributed by atoms with Gasteiger partial charge in [-0.1, -0.05) is 84.9 Å². The van der Waals surface area contributed by atoms with Crippen LogP contribution in [0, 0.1) is 11.3 Å². The Morgan fingerprint density at radius 3 is 2.20 bits per heavy atom. The first-order chi connectivity index (χ1) is 21.8. The molecule has 0 N–H and O–H groups in total. The third kappa shape index (κ3) is 5.15. The lowest BCUT2D eigenvalue weighted by molar-refractivity contribution is -0.142. The summed E-state index contributed by atoms with van der Waals surface area (Å²) >= 11 is 0. The summed E-state index contributed by atoms with van der Waals surface area (Å²) in [5.74, 6) is -1.88. The van der Waals surface area contributed by atoms with Crippen LogP contribution in [-0.4, -0.2) is 52.5 Å². The summed E-state index contributed by atoms with van der Waals surface area (Å²) in [7, 11) is -3.42. The third-order valence-corrected chi connectivity index (χ3v) is 9.99. The molecule has 0 aliphatic carbocycles. The first-order valence-electron chi connectivity index (χ1n) is 14.5. The molecule has 1 aromatic heterocycles. The van der Waals surface area contributed by atoms with Gasteiger partial charge in [0, 0.05) is 22.9 Å². The van der Waals surface area contributed by atoms with Gasteiger partial charge in [0.2, 0.25) is 0 Å². The summed E-state index contributed by atoms with van der Waals surface area (Å²) in [6.07, 6.45) is 3.61. The maximum Gasteiger partial charge on any atom is 0.272 e. The molecule has 1 unspecified atom stereocenters. The number of carbonyl (C=O) groups excluding carboxylic acids is 2. The fourth-order valence-corrected chi connectivity index (χ4v) is 7.77. The molecule has 1 fully saturated rings. The van der Waals surface area contributed by atoms with Crippen LogP contribution in [0.2, 0.25) is 0 Å². The van der Waals surface area contributed by atoms with Crippen LogP contribution >= 0.6 is 0 Å². The second kappa shape index (κ2) is 11.2. The third-order valence-electron chi connectivity index (χ3n) is 8.24. The quantitative estimate of drug-likeness (QED) is 0.189. The molecule has 8 nitrogen and oxygen atoms in total. The van der Waals surface area contributed by atoms with Crippen molar-refractivity contribution in [1.29, 1.82) is 5.26 Å². The second-order valence-electron chi connectivity index (χ2n) is 11.1. The molecule has 2 amide bonds. The summed E-state index contributed by atoms with van der Waals surface area (Å²) in [6.45, 7) is 0. The summed E-state index contributed by atoms with van der Waals surface area (Å²) in [5, 5.41) is 17.3. The van der Waals surface area contributed by atoms with E-state index in [-0.39, 0.29) is 34.6 Å². The minimum absolute atomic E-state index is 0.122. The number of nitriles is 1. The van der Waals surface area contributed by atoms with E-state index in [2.05, 4.69) is 0 Å². The predicted octanol–water partition coefficient (Wildman–Crippen LogP) is 5.61. The summed E-state index contributed by atoms with van der Waals surface area (Å²) in [6, 6.07) is 33.6. The highest BCUT2D eigenvalue weighted by Gasteiger charge is 2.45. The molecule has 1 atom stereocenters. The Labute approximate surface area is 260 Å². The van der Waals surface area contributed by atoms with Gasteiger partial charge < -0.3 is 0 Å². The standard InChI is InChI=1S/C36H26N4O4S/c37-21-32-33(25-10-3-1-4-11-25)31(35(41)40(36(32)42)30-17-18-45(43,44)23-30)20-28-22-39(29-13-5-2-6-14-29)38-34(28)27-16-15-24-9-7-8-12-26(24)19-27/h1-16,19-20,22,30H,17-18,23H2/b31-20-. The fraction of sp³-hybridized carbons (Fsp3) is 0.111. The molecule has 7 rings (SSSR count). The second-order valence-corrected chi connectivity index (χ2v) is 13.3. The summed E-state index contributed by atoms with van der Waals surface area (Å²) < 4.78 is 26.5.